The number of esters is 1. The summed E-state index contributed by atoms with van der Waals surface area (Å²) in [6, 6.07) is 7.37. The van der Waals surface area contributed by atoms with Crippen molar-refractivity contribution in [2.24, 2.45) is 0 Å². The van der Waals surface area contributed by atoms with Gasteiger partial charge >= 0.3 is 5.97 Å². The smallest absolute Gasteiger partial charge is 0.307 e. The summed E-state index contributed by atoms with van der Waals surface area (Å²) in [4.78, 5) is 25.3. The minimum Gasteiger partial charge on any atom is -0.466 e. The van der Waals surface area contributed by atoms with Gasteiger partial charge in [-0.05, 0) is 26.0 Å². The SMILES string of the molecule is C=CCN(CCC(=O)OCC)C(=O)c1ccc(C)cc1. The van der Waals surface area contributed by atoms with Crippen molar-refractivity contribution in [3.05, 3.63) is 48.0 Å². The molecule has 0 aliphatic heterocycles. The second-order valence-electron chi connectivity index (χ2n) is 4.46. The summed E-state index contributed by atoms with van der Waals surface area (Å²) in [6.07, 6.45) is 1.84. The van der Waals surface area contributed by atoms with Crippen molar-refractivity contribution in [3.8, 4) is 0 Å². The lowest BCUT2D eigenvalue weighted by Crippen LogP contribution is -2.33. The number of ether oxygens (including phenoxy) is 1. The Bertz CT molecular complexity index is 465. The van der Waals surface area contributed by atoms with Crippen LogP contribution in [-0.4, -0.2) is 36.5 Å². The summed E-state index contributed by atoms with van der Waals surface area (Å²) in [6.45, 7) is 8.47. The lowest BCUT2D eigenvalue weighted by Gasteiger charge is -2.20. The lowest BCUT2D eigenvalue weighted by molar-refractivity contribution is -0.143. The van der Waals surface area contributed by atoms with E-state index in [1.807, 2.05) is 19.1 Å². The quantitative estimate of drug-likeness (QED) is 0.567. The molecule has 1 amide bonds. The Hall–Kier alpha value is -2.10. The molecular formula is C16H21NO3. The minimum absolute atomic E-state index is 0.103. The van der Waals surface area contributed by atoms with Gasteiger partial charge in [0.15, 0.2) is 0 Å². The maximum atomic E-state index is 12.3. The van der Waals surface area contributed by atoms with E-state index in [4.69, 9.17) is 4.74 Å². The molecule has 0 spiro atoms. The van der Waals surface area contributed by atoms with E-state index in [0.717, 1.165) is 5.56 Å². The zero-order valence-electron chi connectivity index (χ0n) is 12.1. The maximum Gasteiger partial charge on any atom is 0.307 e. The Morgan fingerprint density at radius 1 is 1.30 bits per heavy atom. The normalized spacial score (nSPS) is 9.90. The van der Waals surface area contributed by atoms with Crippen LogP contribution in [0.15, 0.2) is 36.9 Å². The van der Waals surface area contributed by atoms with Crippen LogP contribution in [0, 0.1) is 6.92 Å². The molecule has 1 aromatic carbocycles. The number of amides is 1. The highest BCUT2D eigenvalue weighted by Crippen LogP contribution is 2.08. The Kier molecular flexibility index (Phi) is 6.50. The third-order valence-corrected chi connectivity index (χ3v) is 2.83. The molecule has 1 aromatic rings. The highest BCUT2D eigenvalue weighted by molar-refractivity contribution is 5.94. The molecule has 1 rings (SSSR count). The second-order valence-corrected chi connectivity index (χ2v) is 4.46. The largest absolute Gasteiger partial charge is 0.466 e. The number of benzene rings is 1. The van der Waals surface area contributed by atoms with E-state index in [1.165, 1.54) is 0 Å². The molecule has 0 aromatic heterocycles. The molecule has 0 heterocycles. The van der Waals surface area contributed by atoms with E-state index in [1.54, 1.807) is 30.0 Å². The number of carbonyl (C=O) groups excluding carboxylic acids is 2. The minimum atomic E-state index is -0.293. The van der Waals surface area contributed by atoms with Crippen molar-refractivity contribution in [3.63, 3.8) is 0 Å². The first kappa shape index (κ1) is 16.0. The standard InChI is InChI=1S/C16H21NO3/c1-4-11-17(12-10-15(18)20-5-2)16(19)14-8-6-13(3)7-9-14/h4,6-9H,1,5,10-12H2,2-3H3. The predicted octanol–water partition coefficient (Wildman–Crippen LogP) is 2.58. The molecular weight excluding hydrogens is 254 g/mol. The van der Waals surface area contributed by atoms with E-state index in [-0.39, 0.29) is 18.3 Å². The highest BCUT2D eigenvalue weighted by Gasteiger charge is 2.15. The van der Waals surface area contributed by atoms with Gasteiger partial charge < -0.3 is 9.64 Å². The van der Waals surface area contributed by atoms with Crippen LogP contribution in [0.25, 0.3) is 0 Å². The average molecular weight is 275 g/mol. The number of hydrogen-bond donors (Lipinski definition) is 0. The van der Waals surface area contributed by atoms with Crippen molar-refractivity contribution in [2.75, 3.05) is 19.7 Å². The molecule has 0 radical (unpaired) electrons. The number of hydrogen-bond acceptors (Lipinski definition) is 3. The van der Waals surface area contributed by atoms with E-state index in [9.17, 15) is 9.59 Å². The Morgan fingerprint density at radius 3 is 2.50 bits per heavy atom. The van der Waals surface area contributed by atoms with Gasteiger partial charge in [-0.3, -0.25) is 9.59 Å². The van der Waals surface area contributed by atoms with Crippen molar-refractivity contribution >= 4 is 11.9 Å². The summed E-state index contributed by atoms with van der Waals surface area (Å²) in [7, 11) is 0. The molecule has 0 unspecified atom stereocenters. The number of nitrogens with zero attached hydrogens (tertiary/aromatic N) is 1. The van der Waals surface area contributed by atoms with Gasteiger partial charge in [-0.15, -0.1) is 6.58 Å². The molecule has 20 heavy (non-hydrogen) atoms. The molecule has 108 valence electrons. The van der Waals surface area contributed by atoms with Crippen molar-refractivity contribution in [1.29, 1.82) is 0 Å². The third kappa shape index (κ3) is 4.88. The molecule has 0 fully saturated rings. The summed E-state index contributed by atoms with van der Waals surface area (Å²) < 4.78 is 4.87. The van der Waals surface area contributed by atoms with Gasteiger partial charge in [-0.1, -0.05) is 23.8 Å². The fourth-order valence-corrected chi connectivity index (χ4v) is 1.77. The van der Waals surface area contributed by atoms with Crippen LogP contribution in [-0.2, 0) is 9.53 Å². The van der Waals surface area contributed by atoms with Crippen molar-refractivity contribution in [2.45, 2.75) is 20.3 Å². The van der Waals surface area contributed by atoms with Crippen LogP contribution >= 0.6 is 0 Å². The predicted molar refractivity (Wildman–Crippen MR) is 78.5 cm³/mol. The lowest BCUT2D eigenvalue weighted by atomic mass is 10.1. The zero-order chi connectivity index (χ0) is 15.0. The molecule has 4 nitrogen and oxygen atoms in total. The van der Waals surface area contributed by atoms with E-state index in [0.29, 0.717) is 25.3 Å². The van der Waals surface area contributed by atoms with Crippen LogP contribution < -0.4 is 0 Å². The fourth-order valence-electron chi connectivity index (χ4n) is 1.77. The van der Waals surface area contributed by atoms with E-state index in [2.05, 4.69) is 6.58 Å². The summed E-state index contributed by atoms with van der Waals surface area (Å²) in [5.41, 5.74) is 1.71. The Balaban J connectivity index is 2.69. The van der Waals surface area contributed by atoms with Crippen LogP contribution in [0.5, 0.6) is 0 Å². The van der Waals surface area contributed by atoms with Gasteiger partial charge in [0.05, 0.1) is 13.0 Å². The number of rotatable bonds is 7. The first-order valence-corrected chi connectivity index (χ1v) is 6.71. The fraction of sp³-hybridized carbons (Fsp3) is 0.375. The Labute approximate surface area is 120 Å². The number of aryl methyl sites for hydroxylation is 1. The van der Waals surface area contributed by atoms with Crippen LogP contribution in [0.1, 0.15) is 29.3 Å². The van der Waals surface area contributed by atoms with Crippen LogP contribution in [0.3, 0.4) is 0 Å². The molecule has 0 saturated carbocycles. The van der Waals surface area contributed by atoms with Crippen LogP contribution in [0.2, 0.25) is 0 Å². The summed E-state index contributed by atoms with van der Waals surface area (Å²) in [5, 5.41) is 0. The molecule has 0 aliphatic carbocycles. The molecule has 0 atom stereocenters. The second kappa shape index (κ2) is 8.15. The van der Waals surface area contributed by atoms with E-state index < -0.39 is 0 Å². The van der Waals surface area contributed by atoms with Crippen LogP contribution in [0.4, 0.5) is 0 Å². The third-order valence-electron chi connectivity index (χ3n) is 2.83. The molecule has 0 N–H and O–H groups in total. The zero-order valence-corrected chi connectivity index (χ0v) is 12.1. The monoisotopic (exact) mass is 275 g/mol. The first-order valence-electron chi connectivity index (χ1n) is 6.71. The maximum absolute atomic E-state index is 12.3. The average Bonchev–Trinajstić information content (AvgIpc) is 2.44. The van der Waals surface area contributed by atoms with Gasteiger partial charge in [0.2, 0.25) is 0 Å². The van der Waals surface area contributed by atoms with Gasteiger partial charge in [0.25, 0.3) is 5.91 Å². The van der Waals surface area contributed by atoms with Gasteiger partial charge in [0.1, 0.15) is 0 Å². The van der Waals surface area contributed by atoms with Crippen molar-refractivity contribution < 1.29 is 14.3 Å². The van der Waals surface area contributed by atoms with Gasteiger partial charge in [-0.25, -0.2) is 0 Å². The number of carbonyl (C=O) groups is 2. The summed E-state index contributed by atoms with van der Waals surface area (Å²) in [5.74, 6) is -0.396. The first-order chi connectivity index (χ1) is 9.58. The van der Waals surface area contributed by atoms with Gasteiger partial charge in [-0.2, -0.15) is 0 Å². The molecule has 0 bridgehead atoms. The topological polar surface area (TPSA) is 46.6 Å². The summed E-state index contributed by atoms with van der Waals surface area (Å²) >= 11 is 0. The van der Waals surface area contributed by atoms with Gasteiger partial charge in [0, 0.05) is 18.7 Å². The molecule has 4 heteroatoms. The molecule has 0 aliphatic rings. The van der Waals surface area contributed by atoms with Crippen molar-refractivity contribution in [1.82, 2.24) is 4.90 Å². The molecule has 0 saturated heterocycles. The highest BCUT2D eigenvalue weighted by atomic mass is 16.5. The van der Waals surface area contributed by atoms with E-state index >= 15 is 0 Å². The Morgan fingerprint density at radius 2 is 1.95 bits per heavy atom.